The van der Waals surface area contributed by atoms with Crippen molar-refractivity contribution in [2.24, 2.45) is 0 Å². The Hall–Kier alpha value is -4.53. The molecule has 3 heterocycles. The third-order valence-corrected chi connectivity index (χ3v) is 5.46. The minimum atomic E-state index is -0.386. The molecule has 2 aromatic carbocycles. The fourth-order valence-electron chi connectivity index (χ4n) is 3.96. The van der Waals surface area contributed by atoms with Gasteiger partial charge in [-0.2, -0.15) is 5.10 Å². The average Bonchev–Trinajstić information content (AvgIpc) is 3.12. The predicted molar refractivity (Wildman–Crippen MR) is 121 cm³/mol. The SMILES string of the molecule is C=CC(=O)Nc1cccc2c1OCc1[nH]c(=O)c3c(N)n(-c4cc(O)ccc4C)nc3c1-2. The molecule has 0 saturated carbocycles. The average molecular weight is 429 g/mol. The van der Waals surface area contributed by atoms with E-state index in [1.807, 2.05) is 13.0 Å². The van der Waals surface area contributed by atoms with Gasteiger partial charge in [-0.1, -0.05) is 24.8 Å². The van der Waals surface area contributed by atoms with Gasteiger partial charge in [-0.15, -0.1) is 0 Å². The zero-order chi connectivity index (χ0) is 22.6. The first-order valence-corrected chi connectivity index (χ1v) is 9.82. The first kappa shape index (κ1) is 19.4. The van der Waals surface area contributed by atoms with E-state index >= 15 is 0 Å². The summed E-state index contributed by atoms with van der Waals surface area (Å²) in [4.78, 5) is 27.6. The van der Waals surface area contributed by atoms with Crippen LogP contribution in [-0.4, -0.2) is 25.8 Å². The molecule has 160 valence electrons. The molecule has 0 atom stereocenters. The van der Waals surface area contributed by atoms with Crippen LogP contribution in [0.3, 0.4) is 0 Å². The number of H-pyrrole nitrogens is 1. The molecular weight excluding hydrogens is 410 g/mol. The third kappa shape index (κ3) is 2.83. The van der Waals surface area contributed by atoms with E-state index in [1.54, 1.807) is 24.3 Å². The molecule has 0 fully saturated rings. The highest BCUT2D eigenvalue weighted by Crippen LogP contribution is 2.44. The Morgan fingerprint density at radius 3 is 2.97 bits per heavy atom. The smallest absolute Gasteiger partial charge is 0.261 e. The second-order valence-corrected chi connectivity index (χ2v) is 7.46. The zero-order valence-corrected chi connectivity index (χ0v) is 17.1. The molecule has 5 N–H and O–H groups in total. The van der Waals surface area contributed by atoms with Gasteiger partial charge in [0.2, 0.25) is 5.91 Å². The van der Waals surface area contributed by atoms with E-state index in [-0.39, 0.29) is 35.0 Å². The molecule has 2 aromatic heterocycles. The van der Waals surface area contributed by atoms with Gasteiger partial charge < -0.3 is 25.9 Å². The van der Waals surface area contributed by atoms with Crippen molar-refractivity contribution in [3.63, 3.8) is 0 Å². The summed E-state index contributed by atoms with van der Waals surface area (Å²) in [5.41, 5.74) is 10.1. The van der Waals surface area contributed by atoms with Gasteiger partial charge in [0.1, 0.15) is 29.1 Å². The number of nitrogens with two attached hydrogens (primary N) is 1. The lowest BCUT2D eigenvalue weighted by atomic mass is 9.98. The number of hydrogen-bond acceptors (Lipinski definition) is 6. The lowest BCUT2D eigenvalue weighted by molar-refractivity contribution is -0.111. The van der Waals surface area contributed by atoms with Crippen LogP contribution >= 0.6 is 0 Å². The molecule has 0 bridgehead atoms. The molecule has 0 spiro atoms. The van der Waals surface area contributed by atoms with Crippen molar-refractivity contribution in [2.45, 2.75) is 13.5 Å². The molecule has 4 aromatic rings. The van der Waals surface area contributed by atoms with Crippen LogP contribution in [0.15, 0.2) is 53.8 Å². The van der Waals surface area contributed by atoms with Crippen molar-refractivity contribution in [2.75, 3.05) is 11.1 Å². The van der Waals surface area contributed by atoms with Crippen LogP contribution in [0.25, 0.3) is 27.7 Å². The number of nitrogens with zero attached hydrogens (tertiary/aromatic N) is 2. The molecule has 0 saturated heterocycles. The van der Waals surface area contributed by atoms with Crippen LogP contribution in [0, 0.1) is 6.92 Å². The number of phenols is 1. The number of aromatic amines is 1. The Labute approximate surface area is 181 Å². The number of amides is 1. The van der Waals surface area contributed by atoms with Gasteiger partial charge in [0.05, 0.1) is 17.1 Å². The molecule has 0 radical (unpaired) electrons. The number of carbonyl (C=O) groups is 1. The summed E-state index contributed by atoms with van der Waals surface area (Å²) in [7, 11) is 0. The second-order valence-electron chi connectivity index (χ2n) is 7.46. The van der Waals surface area contributed by atoms with Gasteiger partial charge in [0.15, 0.2) is 5.75 Å². The Morgan fingerprint density at radius 2 is 2.19 bits per heavy atom. The number of para-hydroxylation sites is 1. The fourth-order valence-corrected chi connectivity index (χ4v) is 3.96. The maximum Gasteiger partial charge on any atom is 0.261 e. The van der Waals surface area contributed by atoms with Crippen molar-refractivity contribution in [1.29, 1.82) is 0 Å². The summed E-state index contributed by atoms with van der Waals surface area (Å²) in [5, 5.41) is 17.6. The molecule has 9 heteroatoms. The van der Waals surface area contributed by atoms with Crippen LogP contribution in [0.4, 0.5) is 11.5 Å². The number of aryl methyl sites for hydroxylation is 1. The molecular formula is C23H19N5O4. The van der Waals surface area contributed by atoms with E-state index in [9.17, 15) is 14.7 Å². The van der Waals surface area contributed by atoms with Crippen LogP contribution in [0.5, 0.6) is 11.5 Å². The van der Waals surface area contributed by atoms with Gasteiger partial charge in [0, 0.05) is 17.2 Å². The quantitative estimate of drug-likeness (QED) is 0.370. The second kappa shape index (κ2) is 7.02. The first-order valence-electron chi connectivity index (χ1n) is 9.82. The van der Waals surface area contributed by atoms with E-state index in [1.165, 1.54) is 16.8 Å². The van der Waals surface area contributed by atoms with Crippen LogP contribution in [0.2, 0.25) is 0 Å². The summed E-state index contributed by atoms with van der Waals surface area (Å²) < 4.78 is 7.32. The Balaban J connectivity index is 1.80. The van der Waals surface area contributed by atoms with E-state index in [4.69, 9.17) is 10.5 Å². The monoisotopic (exact) mass is 429 g/mol. The number of nitrogens with one attached hydrogen (secondary N) is 2. The number of aromatic hydroxyl groups is 1. The Morgan fingerprint density at radius 1 is 1.38 bits per heavy atom. The summed E-state index contributed by atoms with van der Waals surface area (Å²) in [5.74, 6) is 0.307. The van der Waals surface area contributed by atoms with Gasteiger partial charge in [-0.05, 0) is 30.7 Å². The van der Waals surface area contributed by atoms with Crippen LogP contribution < -0.4 is 21.3 Å². The lowest BCUT2D eigenvalue weighted by Crippen LogP contribution is -2.18. The highest BCUT2D eigenvalue weighted by molar-refractivity contribution is 6.05. The van der Waals surface area contributed by atoms with Crippen LogP contribution in [-0.2, 0) is 11.4 Å². The predicted octanol–water partition coefficient (Wildman–Crippen LogP) is 2.99. The number of anilines is 2. The summed E-state index contributed by atoms with van der Waals surface area (Å²) in [6, 6.07) is 10.2. The van der Waals surface area contributed by atoms with Gasteiger partial charge >= 0.3 is 0 Å². The maximum atomic E-state index is 12.9. The minimum absolute atomic E-state index is 0.0573. The number of rotatable bonds is 3. The summed E-state index contributed by atoms with van der Waals surface area (Å²) in [6.07, 6.45) is 1.17. The highest BCUT2D eigenvalue weighted by Gasteiger charge is 2.28. The van der Waals surface area contributed by atoms with Crippen molar-refractivity contribution in [3.05, 3.63) is 70.7 Å². The summed E-state index contributed by atoms with van der Waals surface area (Å²) >= 11 is 0. The Bertz CT molecular complexity index is 1500. The van der Waals surface area contributed by atoms with E-state index in [0.717, 1.165) is 5.56 Å². The number of pyridine rings is 1. The number of fused-ring (bicyclic) bond motifs is 5. The fraction of sp³-hybridized carbons (Fsp3) is 0.0870. The van der Waals surface area contributed by atoms with E-state index in [2.05, 4.69) is 22.0 Å². The Kier molecular flexibility index (Phi) is 4.26. The molecule has 32 heavy (non-hydrogen) atoms. The zero-order valence-electron chi connectivity index (χ0n) is 17.1. The first-order chi connectivity index (χ1) is 15.4. The van der Waals surface area contributed by atoms with Gasteiger partial charge in [-0.3, -0.25) is 9.59 Å². The van der Waals surface area contributed by atoms with Gasteiger partial charge in [0.25, 0.3) is 5.56 Å². The van der Waals surface area contributed by atoms with E-state index in [0.29, 0.717) is 39.5 Å². The molecule has 1 amide bonds. The molecule has 5 rings (SSSR count). The summed E-state index contributed by atoms with van der Waals surface area (Å²) in [6.45, 7) is 5.42. The normalized spacial score (nSPS) is 12.0. The number of carbonyl (C=O) groups excluding carboxylic acids is 1. The van der Waals surface area contributed by atoms with E-state index < -0.39 is 0 Å². The van der Waals surface area contributed by atoms with Crippen molar-refractivity contribution >= 4 is 28.3 Å². The number of hydrogen-bond donors (Lipinski definition) is 4. The number of aromatic nitrogens is 3. The molecule has 9 nitrogen and oxygen atoms in total. The van der Waals surface area contributed by atoms with Crippen molar-refractivity contribution < 1.29 is 14.6 Å². The molecule has 0 unspecified atom stereocenters. The number of benzene rings is 2. The molecule has 1 aliphatic rings. The van der Waals surface area contributed by atoms with Crippen LogP contribution in [0.1, 0.15) is 11.3 Å². The van der Waals surface area contributed by atoms with Crippen molar-refractivity contribution in [3.8, 4) is 28.3 Å². The third-order valence-electron chi connectivity index (χ3n) is 5.46. The minimum Gasteiger partial charge on any atom is -0.508 e. The largest absolute Gasteiger partial charge is 0.508 e. The molecule has 0 aliphatic carbocycles. The molecule has 1 aliphatic heterocycles. The standard InChI is InChI=1S/C23H19N5O4/c1-3-17(30)25-14-6-4-5-13-18-15(10-32-21(13)14)26-23(31)19-20(18)27-28(22(19)24)16-9-12(29)8-7-11(16)2/h3-9,29H,1,10,24H2,2H3,(H,25,30)(H,26,31). The van der Waals surface area contributed by atoms with Crippen molar-refractivity contribution in [1.82, 2.24) is 14.8 Å². The number of phenolic OH excluding ortho intramolecular Hbond substituents is 1. The maximum absolute atomic E-state index is 12.9. The number of nitrogen functional groups attached to an aromatic ring is 1. The highest BCUT2D eigenvalue weighted by atomic mass is 16.5. The lowest BCUT2D eigenvalue weighted by Gasteiger charge is -2.23. The topological polar surface area (TPSA) is 135 Å². The number of ether oxygens (including phenoxy) is 1. The van der Waals surface area contributed by atoms with Gasteiger partial charge in [-0.25, -0.2) is 4.68 Å².